The number of hydrogen-bond acceptors (Lipinski definition) is 3. The van der Waals surface area contributed by atoms with Crippen LogP contribution in [0.2, 0.25) is 5.02 Å². The molecule has 2 heterocycles. The third-order valence-electron chi connectivity index (χ3n) is 2.34. The Morgan fingerprint density at radius 3 is 2.60 bits per heavy atom. The molecule has 4 nitrogen and oxygen atoms in total. The van der Waals surface area contributed by atoms with Gasteiger partial charge in [-0.15, -0.1) is 0 Å². The lowest BCUT2D eigenvalue weighted by atomic mass is 10.3. The summed E-state index contributed by atoms with van der Waals surface area (Å²) >= 11 is 5.78. The second kappa shape index (κ2) is 3.55. The van der Waals surface area contributed by atoms with Gasteiger partial charge in [0.1, 0.15) is 6.33 Å². The Hall–Kier alpha value is -1.55. The van der Waals surface area contributed by atoms with Crippen molar-refractivity contribution < 1.29 is 0 Å². The smallest absolute Gasteiger partial charge is 0.161 e. The molecule has 0 aliphatic carbocycles. The van der Waals surface area contributed by atoms with Crippen LogP contribution < -0.4 is 5.73 Å². The number of nitrogens with two attached hydrogens (primary N) is 1. The van der Waals surface area contributed by atoms with Crippen molar-refractivity contribution in [1.82, 2.24) is 14.5 Å². The van der Waals surface area contributed by atoms with E-state index in [-0.39, 0.29) is 0 Å². The summed E-state index contributed by atoms with van der Waals surface area (Å²) in [5.41, 5.74) is 8.37. The van der Waals surface area contributed by atoms with Gasteiger partial charge >= 0.3 is 0 Å². The minimum Gasteiger partial charge on any atom is -0.396 e. The van der Waals surface area contributed by atoms with E-state index < -0.39 is 0 Å². The summed E-state index contributed by atoms with van der Waals surface area (Å²) in [7, 11) is 0. The number of aromatic nitrogens is 3. The van der Waals surface area contributed by atoms with E-state index >= 15 is 0 Å². The van der Waals surface area contributed by atoms with Crippen LogP contribution in [0.25, 0.3) is 5.82 Å². The van der Waals surface area contributed by atoms with Crippen LogP contribution >= 0.6 is 11.6 Å². The highest BCUT2D eigenvalue weighted by atomic mass is 35.5. The molecule has 0 spiro atoms. The summed E-state index contributed by atoms with van der Waals surface area (Å²) in [5.74, 6) is 0.664. The van der Waals surface area contributed by atoms with E-state index in [1.165, 1.54) is 0 Å². The molecule has 2 rings (SSSR count). The summed E-state index contributed by atoms with van der Waals surface area (Å²) in [6.45, 7) is 3.91. The number of hydrogen-bond donors (Lipinski definition) is 1. The topological polar surface area (TPSA) is 56.7 Å². The second-order valence-corrected chi connectivity index (χ2v) is 3.79. The molecule has 0 fully saturated rings. The molecule has 0 aromatic carbocycles. The number of imidazole rings is 1. The minimum atomic E-state index is 0.533. The van der Waals surface area contributed by atoms with E-state index in [0.29, 0.717) is 16.5 Å². The zero-order valence-electron chi connectivity index (χ0n) is 8.53. The lowest BCUT2D eigenvalue weighted by Gasteiger charge is -2.07. The quantitative estimate of drug-likeness (QED) is 0.804. The fraction of sp³-hybridized carbons (Fsp3) is 0.200. The molecular weight excluding hydrogens is 212 g/mol. The molecule has 0 saturated carbocycles. The largest absolute Gasteiger partial charge is 0.396 e. The molecule has 0 atom stereocenters. The van der Waals surface area contributed by atoms with Crippen LogP contribution in [0.4, 0.5) is 5.69 Å². The van der Waals surface area contributed by atoms with Gasteiger partial charge in [-0.1, -0.05) is 11.6 Å². The normalized spacial score (nSPS) is 10.6. The van der Waals surface area contributed by atoms with Crippen LogP contribution in [-0.4, -0.2) is 14.5 Å². The molecule has 0 saturated heterocycles. The molecule has 15 heavy (non-hydrogen) atoms. The summed E-state index contributed by atoms with van der Waals surface area (Å²) < 4.78 is 1.85. The molecule has 0 amide bonds. The van der Waals surface area contributed by atoms with Gasteiger partial charge in [0.05, 0.1) is 16.4 Å². The summed E-state index contributed by atoms with van der Waals surface area (Å²) in [5, 5.41) is 0.533. The number of rotatable bonds is 1. The minimum absolute atomic E-state index is 0.533. The van der Waals surface area contributed by atoms with Crippen molar-refractivity contribution in [3.63, 3.8) is 0 Å². The molecule has 2 aromatic rings. The predicted molar refractivity (Wildman–Crippen MR) is 60.3 cm³/mol. The lowest BCUT2D eigenvalue weighted by Crippen LogP contribution is -2.03. The summed E-state index contributed by atoms with van der Waals surface area (Å²) in [6, 6.07) is 1.68. The van der Waals surface area contributed by atoms with Crippen molar-refractivity contribution >= 4 is 17.3 Å². The van der Waals surface area contributed by atoms with Gasteiger partial charge in [0.25, 0.3) is 0 Å². The maximum absolute atomic E-state index is 5.84. The standard InChI is InChI=1S/C10H11ClN4/c1-6-7(2)15(5-14-6)10-9(12)3-8(11)4-13-10/h3-5H,12H2,1-2H3. The van der Waals surface area contributed by atoms with Gasteiger partial charge in [0, 0.05) is 11.9 Å². The molecule has 0 radical (unpaired) electrons. The third kappa shape index (κ3) is 1.68. The van der Waals surface area contributed by atoms with E-state index in [2.05, 4.69) is 9.97 Å². The number of pyridine rings is 1. The number of nitrogen functional groups attached to an aromatic ring is 1. The summed E-state index contributed by atoms with van der Waals surface area (Å²) in [4.78, 5) is 8.38. The van der Waals surface area contributed by atoms with Gasteiger partial charge in [0.15, 0.2) is 5.82 Å². The van der Waals surface area contributed by atoms with Gasteiger partial charge in [-0.05, 0) is 19.9 Å². The molecule has 2 aromatic heterocycles. The van der Waals surface area contributed by atoms with Crippen LogP contribution in [0, 0.1) is 13.8 Å². The Morgan fingerprint density at radius 1 is 1.33 bits per heavy atom. The molecule has 78 valence electrons. The van der Waals surface area contributed by atoms with Crippen molar-refractivity contribution in [3.05, 3.63) is 35.0 Å². The van der Waals surface area contributed by atoms with Crippen molar-refractivity contribution in [1.29, 1.82) is 0 Å². The highest BCUT2D eigenvalue weighted by Gasteiger charge is 2.08. The Morgan fingerprint density at radius 2 is 2.07 bits per heavy atom. The average molecular weight is 223 g/mol. The Balaban J connectivity index is 2.59. The average Bonchev–Trinajstić information content (AvgIpc) is 2.49. The second-order valence-electron chi connectivity index (χ2n) is 3.35. The van der Waals surface area contributed by atoms with Crippen molar-refractivity contribution in [2.24, 2.45) is 0 Å². The van der Waals surface area contributed by atoms with Crippen LogP contribution in [0.1, 0.15) is 11.4 Å². The first-order valence-electron chi connectivity index (χ1n) is 4.51. The van der Waals surface area contributed by atoms with Crippen molar-refractivity contribution in [2.45, 2.75) is 13.8 Å². The molecule has 2 N–H and O–H groups in total. The maximum atomic E-state index is 5.84. The van der Waals surface area contributed by atoms with Gasteiger partial charge in [-0.3, -0.25) is 4.57 Å². The van der Waals surface area contributed by atoms with E-state index in [1.807, 2.05) is 18.4 Å². The Kier molecular flexibility index (Phi) is 2.36. The van der Waals surface area contributed by atoms with E-state index in [9.17, 15) is 0 Å². The first kappa shape index (κ1) is 9.98. The van der Waals surface area contributed by atoms with Crippen molar-refractivity contribution in [3.8, 4) is 5.82 Å². The van der Waals surface area contributed by atoms with Gasteiger partial charge in [0.2, 0.25) is 0 Å². The zero-order chi connectivity index (χ0) is 11.0. The molecule has 0 bridgehead atoms. The number of nitrogens with zero attached hydrogens (tertiary/aromatic N) is 3. The molecule has 0 aliphatic rings. The van der Waals surface area contributed by atoms with Gasteiger partial charge < -0.3 is 5.73 Å². The highest BCUT2D eigenvalue weighted by Crippen LogP contribution is 2.20. The fourth-order valence-electron chi connectivity index (χ4n) is 1.36. The fourth-order valence-corrected chi connectivity index (χ4v) is 1.53. The predicted octanol–water partition coefficient (Wildman–Crippen LogP) is 2.12. The zero-order valence-corrected chi connectivity index (χ0v) is 9.28. The molecule has 5 heteroatoms. The van der Waals surface area contributed by atoms with Gasteiger partial charge in [-0.25, -0.2) is 9.97 Å². The van der Waals surface area contributed by atoms with Crippen LogP contribution in [0.5, 0.6) is 0 Å². The third-order valence-corrected chi connectivity index (χ3v) is 2.55. The molecular formula is C10H11ClN4. The van der Waals surface area contributed by atoms with Gasteiger partial charge in [-0.2, -0.15) is 0 Å². The van der Waals surface area contributed by atoms with Crippen LogP contribution in [0.15, 0.2) is 18.6 Å². The monoisotopic (exact) mass is 222 g/mol. The Bertz CT molecular complexity index is 504. The maximum Gasteiger partial charge on any atom is 0.161 e. The first-order valence-corrected chi connectivity index (χ1v) is 4.89. The highest BCUT2D eigenvalue weighted by molar-refractivity contribution is 6.30. The van der Waals surface area contributed by atoms with Crippen LogP contribution in [0.3, 0.4) is 0 Å². The number of aryl methyl sites for hydroxylation is 1. The lowest BCUT2D eigenvalue weighted by molar-refractivity contribution is 0.954. The van der Waals surface area contributed by atoms with E-state index in [1.54, 1.807) is 18.6 Å². The molecule has 0 unspecified atom stereocenters. The number of anilines is 1. The van der Waals surface area contributed by atoms with Crippen LogP contribution in [-0.2, 0) is 0 Å². The molecule has 0 aliphatic heterocycles. The van der Waals surface area contributed by atoms with E-state index in [0.717, 1.165) is 11.4 Å². The summed E-state index contributed by atoms with van der Waals surface area (Å²) in [6.07, 6.45) is 3.28. The van der Waals surface area contributed by atoms with E-state index in [4.69, 9.17) is 17.3 Å². The SMILES string of the molecule is Cc1ncn(-c2ncc(Cl)cc2N)c1C. The Labute approximate surface area is 92.7 Å². The first-order chi connectivity index (χ1) is 7.09. The van der Waals surface area contributed by atoms with Crippen molar-refractivity contribution in [2.75, 3.05) is 5.73 Å². The number of halogens is 1.